The third kappa shape index (κ3) is 4.06. The molecule has 4 nitrogen and oxygen atoms in total. The lowest BCUT2D eigenvalue weighted by atomic mass is 10.1. The Morgan fingerprint density at radius 3 is 2.63 bits per heavy atom. The molecule has 1 unspecified atom stereocenters. The molecule has 1 fully saturated rings. The van der Waals surface area contributed by atoms with Gasteiger partial charge in [0, 0.05) is 12.6 Å². The van der Waals surface area contributed by atoms with Crippen molar-refractivity contribution in [3.8, 4) is 16.9 Å². The quantitative estimate of drug-likeness (QED) is 0.617. The Morgan fingerprint density at radius 1 is 1.15 bits per heavy atom. The summed E-state index contributed by atoms with van der Waals surface area (Å²) in [6.07, 6.45) is 5.25. The van der Waals surface area contributed by atoms with Gasteiger partial charge in [-0.25, -0.2) is 0 Å². The van der Waals surface area contributed by atoms with Gasteiger partial charge in [0.1, 0.15) is 23.7 Å². The average molecular weight is 363 g/mol. The SMILES string of the molecule is CN(C)CCC(Oc1ccc2c(=O)c(-c3ccccc3)coc2c1)C1CC1. The number of nitrogens with zero attached hydrogens (tertiary/aromatic N) is 1. The first-order valence-electron chi connectivity index (χ1n) is 9.54. The molecule has 0 spiro atoms. The maximum absolute atomic E-state index is 12.9. The van der Waals surface area contributed by atoms with Gasteiger partial charge in [-0.15, -0.1) is 0 Å². The van der Waals surface area contributed by atoms with E-state index >= 15 is 0 Å². The first kappa shape index (κ1) is 17.8. The fourth-order valence-electron chi connectivity index (χ4n) is 3.42. The topological polar surface area (TPSA) is 42.7 Å². The van der Waals surface area contributed by atoms with Crippen LogP contribution in [0.2, 0.25) is 0 Å². The minimum absolute atomic E-state index is 0.0136. The van der Waals surface area contributed by atoms with Crippen molar-refractivity contribution in [1.82, 2.24) is 4.90 Å². The van der Waals surface area contributed by atoms with Crippen molar-refractivity contribution >= 4 is 11.0 Å². The second-order valence-electron chi connectivity index (χ2n) is 7.59. The summed E-state index contributed by atoms with van der Waals surface area (Å²) in [5.74, 6) is 1.42. The Labute approximate surface area is 159 Å². The van der Waals surface area contributed by atoms with E-state index in [1.54, 1.807) is 6.26 Å². The first-order chi connectivity index (χ1) is 13.1. The molecule has 27 heavy (non-hydrogen) atoms. The second kappa shape index (κ2) is 7.57. The number of benzene rings is 2. The highest BCUT2D eigenvalue weighted by Gasteiger charge is 2.32. The van der Waals surface area contributed by atoms with Crippen LogP contribution in [0.3, 0.4) is 0 Å². The fraction of sp³-hybridized carbons (Fsp3) is 0.348. The van der Waals surface area contributed by atoms with Crippen molar-refractivity contribution in [2.45, 2.75) is 25.4 Å². The van der Waals surface area contributed by atoms with Crippen molar-refractivity contribution in [3.05, 3.63) is 65.0 Å². The Kier molecular flexibility index (Phi) is 4.99. The smallest absolute Gasteiger partial charge is 0.200 e. The Bertz CT molecular complexity index is 974. The monoisotopic (exact) mass is 363 g/mol. The molecule has 1 heterocycles. The summed E-state index contributed by atoms with van der Waals surface area (Å²) in [5, 5.41) is 0.583. The van der Waals surface area contributed by atoms with Gasteiger partial charge in [-0.2, -0.15) is 0 Å². The highest BCUT2D eigenvalue weighted by Crippen LogP contribution is 2.37. The molecule has 4 heteroatoms. The standard InChI is InChI=1S/C23H25NO3/c1-24(2)13-12-21(17-8-9-17)27-18-10-11-19-22(14-18)26-15-20(23(19)25)16-6-4-3-5-7-16/h3-7,10-11,14-15,17,21H,8-9,12-13H2,1-2H3. The van der Waals surface area contributed by atoms with Crippen molar-refractivity contribution in [3.63, 3.8) is 0 Å². The molecular weight excluding hydrogens is 338 g/mol. The van der Waals surface area contributed by atoms with Gasteiger partial charge in [0.15, 0.2) is 5.43 Å². The lowest BCUT2D eigenvalue weighted by Gasteiger charge is -2.21. The minimum atomic E-state index is -0.0136. The van der Waals surface area contributed by atoms with Crippen LogP contribution < -0.4 is 10.2 Å². The molecule has 140 valence electrons. The van der Waals surface area contributed by atoms with E-state index in [0.29, 0.717) is 22.5 Å². The van der Waals surface area contributed by atoms with Crippen LogP contribution in [-0.2, 0) is 0 Å². The summed E-state index contributed by atoms with van der Waals surface area (Å²) < 4.78 is 12.0. The Hall–Kier alpha value is -2.59. The van der Waals surface area contributed by atoms with E-state index in [1.165, 1.54) is 12.8 Å². The van der Waals surface area contributed by atoms with Crippen LogP contribution in [-0.4, -0.2) is 31.6 Å². The summed E-state index contributed by atoms with van der Waals surface area (Å²) >= 11 is 0. The number of hydrogen-bond donors (Lipinski definition) is 0. The third-order valence-electron chi connectivity index (χ3n) is 5.13. The molecule has 1 aliphatic carbocycles. The Balaban J connectivity index is 1.60. The van der Waals surface area contributed by atoms with E-state index in [1.807, 2.05) is 48.5 Å². The van der Waals surface area contributed by atoms with E-state index in [-0.39, 0.29) is 11.5 Å². The molecule has 0 saturated heterocycles. The summed E-state index contributed by atoms with van der Waals surface area (Å²) in [6, 6.07) is 15.2. The van der Waals surface area contributed by atoms with E-state index in [9.17, 15) is 4.79 Å². The minimum Gasteiger partial charge on any atom is -0.490 e. The van der Waals surface area contributed by atoms with Crippen LogP contribution in [0.25, 0.3) is 22.1 Å². The largest absolute Gasteiger partial charge is 0.490 e. The van der Waals surface area contributed by atoms with E-state index in [2.05, 4.69) is 19.0 Å². The van der Waals surface area contributed by atoms with Crippen LogP contribution in [0, 0.1) is 5.92 Å². The van der Waals surface area contributed by atoms with Gasteiger partial charge in [0.05, 0.1) is 10.9 Å². The maximum atomic E-state index is 12.9. The zero-order valence-corrected chi connectivity index (χ0v) is 15.9. The van der Waals surface area contributed by atoms with E-state index in [0.717, 1.165) is 24.3 Å². The molecule has 1 saturated carbocycles. The van der Waals surface area contributed by atoms with Crippen LogP contribution in [0.5, 0.6) is 5.75 Å². The Morgan fingerprint density at radius 2 is 1.93 bits per heavy atom. The predicted molar refractivity (Wildman–Crippen MR) is 108 cm³/mol. The molecule has 3 aromatic rings. The van der Waals surface area contributed by atoms with Crippen molar-refractivity contribution in [1.29, 1.82) is 0 Å². The lowest BCUT2D eigenvalue weighted by Crippen LogP contribution is -2.25. The van der Waals surface area contributed by atoms with Crippen molar-refractivity contribution in [2.75, 3.05) is 20.6 Å². The number of hydrogen-bond acceptors (Lipinski definition) is 4. The van der Waals surface area contributed by atoms with Gasteiger partial charge in [-0.3, -0.25) is 4.79 Å². The van der Waals surface area contributed by atoms with Crippen molar-refractivity contribution < 1.29 is 9.15 Å². The second-order valence-corrected chi connectivity index (χ2v) is 7.59. The van der Waals surface area contributed by atoms with E-state index < -0.39 is 0 Å². The molecule has 1 aliphatic rings. The molecule has 4 rings (SSSR count). The van der Waals surface area contributed by atoms with Gasteiger partial charge in [-0.05, 0) is 57.0 Å². The summed E-state index contributed by atoms with van der Waals surface area (Å²) in [4.78, 5) is 15.0. The molecule has 0 bridgehead atoms. The van der Waals surface area contributed by atoms with Crippen molar-refractivity contribution in [2.24, 2.45) is 5.92 Å². The van der Waals surface area contributed by atoms with Crippen LogP contribution in [0.4, 0.5) is 0 Å². The highest BCUT2D eigenvalue weighted by molar-refractivity contribution is 5.82. The summed E-state index contributed by atoms with van der Waals surface area (Å²) in [7, 11) is 4.16. The summed E-state index contributed by atoms with van der Waals surface area (Å²) in [5.41, 5.74) is 2.00. The molecule has 0 amide bonds. The molecule has 2 aromatic carbocycles. The number of ether oxygens (including phenoxy) is 1. The predicted octanol–water partition coefficient (Wildman–Crippen LogP) is 4.57. The zero-order chi connectivity index (χ0) is 18.8. The number of fused-ring (bicyclic) bond motifs is 1. The molecule has 0 aliphatic heterocycles. The van der Waals surface area contributed by atoms with Gasteiger partial charge < -0.3 is 14.1 Å². The van der Waals surface area contributed by atoms with Gasteiger partial charge in [-0.1, -0.05) is 30.3 Å². The molecule has 0 radical (unpaired) electrons. The van der Waals surface area contributed by atoms with Crippen LogP contribution in [0.15, 0.2) is 64.0 Å². The molecule has 1 atom stereocenters. The fourth-order valence-corrected chi connectivity index (χ4v) is 3.42. The molecule has 1 aromatic heterocycles. The molecule has 0 N–H and O–H groups in total. The average Bonchev–Trinajstić information content (AvgIpc) is 3.51. The maximum Gasteiger partial charge on any atom is 0.200 e. The first-order valence-corrected chi connectivity index (χ1v) is 9.54. The van der Waals surface area contributed by atoms with Gasteiger partial charge in [0.25, 0.3) is 0 Å². The normalized spacial score (nSPS) is 15.2. The van der Waals surface area contributed by atoms with Gasteiger partial charge in [0.2, 0.25) is 0 Å². The van der Waals surface area contributed by atoms with Crippen LogP contribution in [0.1, 0.15) is 19.3 Å². The highest BCUT2D eigenvalue weighted by atomic mass is 16.5. The van der Waals surface area contributed by atoms with Gasteiger partial charge >= 0.3 is 0 Å². The van der Waals surface area contributed by atoms with E-state index in [4.69, 9.17) is 9.15 Å². The molecular formula is C23H25NO3. The zero-order valence-electron chi connectivity index (χ0n) is 15.9. The third-order valence-corrected chi connectivity index (χ3v) is 5.13. The van der Waals surface area contributed by atoms with Crippen LogP contribution >= 0.6 is 0 Å². The number of rotatable bonds is 7. The summed E-state index contributed by atoms with van der Waals surface area (Å²) in [6.45, 7) is 1.00. The lowest BCUT2D eigenvalue weighted by molar-refractivity contribution is 0.155.